The number of hydrogen-bond donors (Lipinski definition) is 0. The van der Waals surface area contributed by atoms with Crippen LogP contribution in [0.5, 0.6) is 0 Å². The predicted octanol–water partition coefficient (Wildman–Crippen LogP) is 12.2. The van der Waals surface area contributed by atoms with Crippen LogP contribution in [0.25, 0.3) is 12.2 Å². The van der Waals surface area contributed by atoms with E-state index in [0.717, 1.165) is 36.8 Å². The number of hydrogen-bond acceptors (Lipinski definition) is 4. The van der Waals surface area contributed by atoms with Crippen molar-refractivity contribution in [3.05, 3.63) is 47.5 Å². The van der Waals surface area contributed by atoms with Crippen molar-refractivity contribution in [2.75, 3.05) is 13.2 Å². The van der Waals surface area contributed by atoms with Gasteiger partial charge in [-0.2, -0.15) is 0 Å². The fraction of sp³-hybridized carbons (Fsp3) is 0.700. The first-order valence-corrected chi connectivity index (χ1v) is 18.5. The van der Waals surface area contributed by atoms with Crippen LogP contribution >= 0.6 is 0 Å². The van der Waals surface area contributed by atoms with Crippen LogP contribution in [0.2, 0.25) is 0 Å². The third kappa shape index (κ3) is 26.1. The van der Waals surface area contributed by atoms with E-state index in [1.807, 2.05) is 24.3 Å². The topological polar surface area (TPSA) is 52.6 Å². The van der Waals surface area contributed by atoms with Crippen molar-refractivity contribution >= 4 is 24.1 Å². The summed E-state index contributed by atoms with van der Waals surface area (Å²) in [5.41, 5.74) is 1.83. The van der Waals surface area contributed by atoms with Gasteiger partial charge in [-0.25, -0.2) is 9.59 Å². The van der Waals surface area contributed by atoms with E-state index in [2.05, 4.69) is 13.8 Å². The van der Waals surface area contributed by atoms with E-state index < -0.39 is 0 Å². The number of benzene rings is 1. The van der Waals surface area contributed by atoms with Crippen molar-refractivity contribution in [3.63, 3.8) is 0 Å². The van der Waals surface area contributed by atoms with E-state index in [-0.39, 0.29) is 11.9 Å². The zero-order chi connectivity index (χ0) is 31.8. The van der Waals surface area contributed by atoms with Gasteiger partial charge < -0.3 is 9.47 Å². The molecule has 0 aliphatic rings. The van der Waals surface area contributed by atoms with Gasteiger partial charge in [-0.05, 0) is 36.1 Å². The Labute approximate surface area is 271 Å². The van der Waals surface area contributed by atoms with Crippen molar-refractivity contribution in [2.45, 2.75) is 168 Å². The molecule has 4 heteroatoms. The molecule has 0 atom stereocenters. The van der Waals surface area contributed by atoms with Crippen LogP contribution < -0.4 is 0 Å². The first kappa shape index (κ1) is 39.7. The highest BCUT2D eigenvalue weighted by Crippen LogP contribution is 2.14. The van der Waals surface area contributed by atoms with Crippen molar-refractivity contribution < 1.29 is 19.1 Å². The second-order valence-corrected chi connectivity index (χ2v) is 12.4. The van der Waals surface area contributed by atoms with Gasteiger partial charge in [-0.1, -0.05) is 179 Å². The van der Waals surface area contributed by atoms with E-state index in [9.17, 15) is 9.59 Å². The molecule has 0 radical (unpaired) electrons. The fourth-order valence-corrected chi connectivity index (χ4v) is 5.37. The zero-order valence-corrected chi connectivity index (χ0v) is 28.6. The van der Waals surface area contributed by atoms with Crippen LogP contribution in [-0.4, -0.2) is 25.2 Å². The van der Waals surface area contributed by atoms with Crippen LogP contribution in [0.15, 0.2) is 36.4 Å². The molecular weight excluding hydrogens is 544 g/mol. The monoisotopic (exact) mass is 610 g/mol. The van der Waals surface area contributed by atoms with Crippen LogP contribution in [0, 0.1) is 0 Å². The first-order chi connectivity index (χ1) is 21.7. The summed E-state index contributed by atoms with van der Waals surface area (Å²) in [7, 11) is 0. The minimum atomic E-state index is -0.298. The Morgan fingerprint density at radius 2 is 0.682 bits per heavy atom. The minimum absolute atomic E-state index is 0.298. The molecule has 0 spiro atoms. The maximum Gasteiger partial charge on any atom is 0.330 e. The number of ether oxygens (including phenoxy) is 2. The lowest BCUT2D eigenvalue weighted by Crippen LogP contribution is -2.02. The van der Waals surface area contributed by atoms with Crippen molar-refractivity contribution in [1.29, 1.82) is 0 Å². The second-order valence-electron chi connectivity index (χ2n) is 12.4. The van der Waals surface area contributed by atoms with Crippen LogP contribution in [0.3, 0.4) is 0 Å². The van der Waals surface area contributed by atoms with Gasteiger partial charge in [-0.3, -0.25) is 0 Å². The van der Waals surface area contributed by atoms with E-state index in [0.29, 0.717) is 13.2 Å². The van der Waals surface area contributed by atoms with Crippen molar-refractivity contribution in [1.82, 2.24) is 0 Å². The molecule has 0 amide bonds. The third-order valence-electron chi connectivity index (χ3n) is 8.24. The van der Waals surface area contributed by atoms with Gasteiger partial charge in [-0.15, -0.1) is 0 Å². The smallest absolute Gasteiger partial charge is 0.330 e. The molecule has 1 aromatic carbocycles. The highest BCUT2D eigenvalue weighted by molar-refractivity contribution is 5.88. The molecule has 0 saturated heterocycles. The number of carbonyl (C=O) groups is 2. The number of esters is 2. The standard InChI is InChI=1S/C40H66O4/c1-3-5-7-9-11-13-15-17-19-21-23-25-35-43-39(41)33-31-37-27-29-38(30-28-37)32-34-40(42)44-36-26-24-22-20-18-16-14-12-10-8-6-4-2/h27-34H,3-26,35-36H2,1-2H3. The summed E-state index contributed by atoms with van der Waals surface area (Å²) in [4.78, 5) is 24.1. The average molecular weight is 611 g/mol. The Bertz CT molecular complexity index is 784. The Morgan fingerprint density at radius 1 is 0.432 bits per heavy atom. The molecule has 0 aliphatic heterocycles. The zero-order valence-electron chi connectivity index (χ0n) is 28.6. The molecule has 0 unspecified atom stereocenters. The quantitative estimate of drug-likeness (QED) is 0.0494. The lowest BCUT2D eigenvalue weighted by molar-refractivity contribution is -0.138. The fourth-order valence-electron chi connectivity index (χ4n) is 5.37. The maximum atomic E-state index is 12.0. The van der Waals surface area contributed by atoms with Gasteiger partial charge in [0.2, 0.25) is 0 Å². The van der Waals surface area contributed by atoms with E-state index in [1.54, 1.807) is 12.2 Å². The molecule has 0 bridgehead atoms. The molecule has 1 aromatic rings. The molecule has 0 fully saturated rings. The average Bonchev–Trinajstić information content (AvgIpc) is 3.04. The molecule has 0 heterocycles. The lowest BCUT2D eigenvalue weighted by Gasteiger charge is -2.04. The van der Waals surface area contributed by atoms with Gasteiger partial charge in [0.25, 0.3) is 0 Å². The summed E-state index contributed by atoms with van der Waals surface area (Å²) in [6, 6.07) is 7.69. The Hall–Kier alpha value is -2.36. The second kappa shape index (κ2) is 30.7. The molecule has 0 N–H and O–H groups in total. The summed E-state index contributed by atoms with van der Waals surface area (Å²) in [5.74, 6) is -0.596. The van der Waals surface area contributed by atoms with Gasteiger partial charge in [0, 0.05) is 12.2 Å². The molecule has 0 saturated carbocycles. The molecule has 250 valence electrons. The molecule has 44 heavy (non-hydrogen) atoms. The molecular formula is C40H66O4. The summed E-state index contributed by atoms with van der Waals surface area (Å²) in [6.45, 7) is 5.50. The first-order valence-electron chi connectivity index (χ1n) is 18.5. The van der Waals surface area contributed by atoms with Gasteiger partial charge >= 0.3 is 11.9 Å². The Balaban J connectivity index is 2.02. The summed E-state index contributed by atoms with van der Waals surface area (Å²) < 4.78 is 10.7. The van der Waals surface area contributed by atoms with E-state index in [4.69, 9.17) is 9.47 Å². The predicted molar refractivity (Wildman–Crippen MR) is 189 cm³/mol. The third-order valence-corrected chi connectivity index (χ3v) is 8.24. The van der Waals surface area contributed by atoms with Crippen molar-refractivity contribution in [2.24, 2.45) is 0 Å². The van der Waals surface area contributed by atoms with Gasteiger partial charge in [0.15, 0.2) is 0 Å². The molecule has 4 nitrogen and oxygen atoms in total. The Kier molecular flexibility index (Phi) is 27.6. The maximum absolute atomic E-state index is 12.0. The highest BCUT2D eigenvalue weighted by atomic mass is 16.5. The molecule has 0 aromatic heterocycles. The van der Waals surface area contributed by atoms with E-state index in [1.165, 1.54) is 141 Å². The summed E-state index contributed by atoms with van der Waals surface area (Å²) in [5, 5.41) is 0. The number of carbonyl (C=O) groups excluding carboxylic acids is 2. The van der Waals surface area contributed by atoms with Crippen LogP contribution in [-0.2, 0) is 19.1 Å². The lowest BCUT2D eigenvalue weighted by atomic mass is 10.1. The molecule has 0 aliphatic carbocycles. The highest BCUT2D eigenvalue weighted by Gasteiger charge is 2.00. The Morgan fingerprint density at radius 3 is 0.955 bits per heavy atom. The summed E-state index contributed by atoms with van der Waals surface area (Å²) >= 11 is 0. The normalized spacial score (nSPS) is 11.5. The van der Waals surface area contributed by atoms with Crippen molar-refractivity contribution in [3.8, 4) is 0 Å². The number of unbranched alkanes of at least 4 members (excludes halogenated alkanes) is 22. The minimum Gasteiger partial charge on any atom is -0.463 e. The molecule has 1 rings (SSSR count). The van der Waals surface area contributed by atoms with Gasteiger partial charge in [0.1, 0.15) is 0 Å². The van der Waals surface area contributed by atoms with Gasteiger partial charge in [0.05, 0.1) is 13.2 Å². The van der Waals surface area contributed by atoms with Crippen LogP contribution in [0.1, 0.15) is 179 Å². The van der Waals surface area contributed by atoms with Crippen LogP contribution in [0.4, 0.5) is 0 Å². The van der Waals surface area contributed by atoms with E-state index >= 15 is 0 Å². The number of rotatable bonds is 30. The SMILES string of the molecule is CCCCCCCCCCCCCCOC(=O)C=Cc1ccc(C=CC(=O)OCCCCCCCCCCCCCC)cc1. The largest absolute Gasteiger partial charge is 0.463 e. The summed E-state index contributed by atoms with van der Waals surface area (Å²) in [6.07, 6.45) is 37.5.